The molecule has 0 aliphatic rings. The zero-order valence-corrected chi connectivity index (χ0v) is 26.1. The molecule has 0 amide bonds. The maximum atomic E-state index is 2.34. The molecular formula is C38H46N2. The Kier molecular flexibility index (Phi) is 10.6. The molecule has 0 fully saturated rings. The number of hydrogen-bond acceptors (Lipinski definition) is 2. The largest absolute Gasteiger partial charge is 0.378 e. The number of anilines is 2. The Morgan fingerprint density at radius 3 is 1.30 bits per heavy atom. The normalized spacial score (nSPS) is 10.2. The van der Waals surface area contributed by atoms with E-state index in [1.165, 1.54) is 65.9 Å². The smallest absolute Gasteiger partial charge is 0.0361 e. The highest BCUT2D eigenvalue weighted by molar-refractivity contribution is 6.26. The van der Waals surface area contributed by atoms with Crippen LogP contribution in [-0.4, -0.2) is 28.2 Å². The summed E-state index contributed by atoms with van der Waals surface area (Å²) in [6, 6.07) is 36.0. The third kappa shape index (κ3) is 5.92. The van der Waals surface area contributed by atoms with Crippen LogP contribution in [0.3, 0.4) is 0 Å². The maximum Gasteiger partial charge on any atom is 0.0361 e. The van der Waals surface area contributed by atoms with Crippen LogP contribution in [0.2, 0.25) is 0 Å². The van der Waals surface area contributed by atoms with E-state index in [1.807, 2.05) is 41.5 Å². The summed E-state index contributed by atoms with van der Waals surface area (Å²) in [7, 11) is 8.31. The van der Waals surface area contributed by atoms with Gasteiger partial charge in [0.2, 0.25) is 0 Å². The third-order valence-corrected chi connectivity index (χ3v) is 7.01. The molecule has 0 aromatic heterocycles. The summed E-state index contributed by atoms with van der Waals surface area (Å²) in [6.07, 6.45) is 0. The van der Waals surface area contributed by atoms with Crippen LogP contribution in [0.1, 0.15) is 41.5 Å². The molecule has 2 nitrogen and oxygen atoms in total. The van der Waals surface area contributed by atoms with E-state index in [9.17, 15) is 0 Å². The van der Waals surface area contributed by atoms with E-state index in [0.717, 1.165) is 0 Å². The highest BCUT2D eigenvalue weighted by Gasteiger charge is 2.13. The molecule has 0 unspecified atom stereocenters. The van der Waals surface area contributed by atoms with Gasteiger partial charge in [-0.2, -0.15) is 0 Å². The van der Waals surface area contributed by atoms with Gasteiger partial charge in [-0.15, -0.1) is 0 Å². The van der Waals surface area contributed by atoms with E-state index < -0.39 is 0 Å². The molecular weight excluding hydrogens is 484 g/mol. The van der Waals surface area contributed by atoms with Crippen molar-refractivity contribution >= 4 is 43.7 Å². The van der Waals surface area contributed by atoms with Gasteiger partial charge >= 0.3 is 0 Å². The van der Waals surface area contributed by atoms with Gasteiger partial charge in [0.25, 0.3) is 0 Å². The van der Waals surface area contributed by atoms with Crippen LogP contribution in [-0.2, 0) is 0 Å². The van der Waals surface area contributed by atoms with Gasteiger partial charge in [0.05, 0.1) is 0 Å². The summed E-state index contributed by atoms with van der Waals surface area (Å²) in [6.45, 7) is 12.0. The lowest BCUT2D eigenvalue weighted by Crippen LogP contribution is -2.07. The van der Waals surface area contributed by atoms with Gasteiger partial charge in [-0.1, -0.05) is 102 Å². The number of benzene rings is 6. The maximum absolute atomic E-state index is 2.34. The van der Waals surface area contributed by atoms with Gasteiger partial charge in [0.15, 0.2) is 0 Å². The minimum atomic E-state index is 1.22. The SMILES string of the molecule is CC.CC.CC.CN(C)c1ccc(-c2cc3ccc4ccc(-c5ccc(N(C)C)cc5)c5ccc(c2)c3c45)cc1. The fourth-order valence-electron chi connectivity index (χ4n) is 5.13. The standard InChI is InChI=1S/C32H28N2.3C2H6/c1-33(2)27-13-7-21(8-14-27)26-19-24-6-5-23-11-17-29(22-9-15-28(16-10-22)34(3)4)30-18-12-25(20-26)31(24)32(23)30;3*1-2/h5-20H,1-4H3;3*1-2H3. The molecule has 0 saturated carbocycles. The van der Waals surface area contributed by atoms with Crippen LogP contribution in [0.15, 0.2) is 97.1 Å². The minimum Gasteiger partial charge on any atom is -0.378 e. The average Bonchev–Trinajstić information content (AvgIpc) is 3.02. The average molecular weight is 531 g/mol. The van der Waals surface area contributed by atoms with Crippen LogP contribution in [0.25, 0.3) is 54.6 Å². The van der Waals surface area contributed by atoms with Gasteiger partial charge in [0, 0.05) is 39.6 Å². The Hall–Kier alpha value is -4.04. The molecule has 0 aliphatic carbocycles. The zero-order chi connectivity index (χ0) is 29.4. The first kappa shape index (κ1) is 30.5. The van der Waals surface area contributed by atoms with Gasteiger partial charge in [-0.05, 0) is 91.0 Å². The molecule has 40 heavy (non-hydrogen) atoms. The van der Waals surface area contributed by atoms with Crippen molar-refractivity contribution in [3.05, 3.63) is 97.1 Å². The molecule has 0 spiro atoms. The van der Waals surface area contributed by atoms with Crippen LogP contribution >= 0.6 is 0 Å². The van der Waals surface area contributed by atoms with E-state index in [1.54, 1.807) is 0 Å². The van der Waals surface area contributed by atoms with Crippen molar-refractivity contribution in [3.8, 4) is 22.3 Å². The molecule has 0 saturated heterocycles. The highest BCUT2D eigenvalue weighted by Crippen LogP contribution is 2.41. The second-order valence-electron chi connectivity index (χ2n) is 9.57. The van der Waals surface area contributed by atoms with E-state index >= 15 is 0 Å². The van der Waals surface area contributed by atoms with E-state index in [2.05, 4.69) is 135 Å². The molecule has 0 N–H and O–H groups in total. The second-order valence-corrected chi connectivity index (χ2v) is 9.57. The molecule has 6 rings (SSSR count). The summed E-state index contributed by atoms with van der Waals surface area (Å²) in [5.74, 6) is 0. The molecule has 6 aromatic rings. The summed E-state index contributed by atoms with van der Waals surface area (Å²) >= 11 is 0. The molecule has 2 heteroatoms. The van der Waals surface area contributed by atoms with Gasteiger partial charge < -0.3 is 9.80 Å². The first-order valence-electron chi connectivity index (χ1n) is 14.8. The van der Waals surface area contributed by atoms with Crippen LogP contribution < -0.4 is 9.80 Å². The monoisotopic (exact) mass is 530 g/mol. The Balaban J connectivity index is 0.000000691. The molecule has 0 bridgehead atoms. The van der Waals surface area contributed by atoms with Crippen LogP contribution in [0, 0.1) is 0 Å². The summed E-state index contributed by atoms with van der Waals surface area (Å²) in [5.41, 5.74) is 7.48. The molecule has 0 radical (unpaired) electrons. The fraction of sp³-hybridized carbons (Fsp3) is 0.263. The molecule has 0 heterocycles. The van der Waals surface area contributed by atoms with Gasteiger partial charge in [-0.25, -0.2) is 0 Å². The van der Waals surface area contributed by atoms with Crippen molar-refractivity contribution in [1.82, 2.24) is 0 Å². The van der Waals surface area contributed by atoms with Crippen LogP contribution in [0.5, 0.6) is 0 Å². The number of hydrogen-bond donors (Lipinski definition) is 0. The minimum absolute atomic E-state index is 1.22. The van der Waals surface area contributed by atoms with E-state index in [0.29, 0.717) is 0 Å². The highest BCUT2D eigenvalue weighted by atomic mass is 15.1. The van der Waals surface area contributed by atoms with Crippen molar-refractivity contribution in [2.75, 3.05) is 38.0 Å². The molecule has 208 valence electrons. The van der Waals surface area contributed by atoms with Crippen molar-refractivity contribution in [2.24, 2.45) is 0 Å². The predicted molar refractivity (Wildman–Crippen MR) is 184 cm³/mol. The lowest BCUT2D eigenvalue weighted by molar-refractivity contribution is 1.13. The molecule has 6 aromatic carbocycles. The summed E-state index contributed by atoms with van der Waals surface area (Å²) in [5, 5.41) is 7.92. The first-order chi connectivity index (χ1) is 19.5. The van der Waals surface area contributed by atoms with Gasteiger partial charge in [0.1, 0.15) is 0 Å². The quantitative estimate of drug-likeness (QED) is 0.209. The predicted octanol–water partition coefficient (Wildman–Crippen LogP) is 11.1. The zero-order valence-electron chi connectivity index (χ0n) is 26.1. The Bertz CT molecular complexity index is 1610. The molecule has 0 aliphatic heterocycles. The van der Waals surface area contributed by atoms with Crippen molar-refractivity contribution < 1.29 is 0 Å². The summed E-state index contributed by atoms with van der Waals surface area (Å²) in [4.78, 5) is 4.27. The first-order valence-corrected chi connectivity index (χ1v) is 14.8. The van der Waals surface area contributed by atoms with Crippen molar-refractivity contribution in [3.63, 3.8) is 0 Å². The lowest BCUT2D eigenvalue weighted by atomic mass is 9.88. The summed E-state index contributed by atoms with van der Waals surface area (Å²) < 4.78 is 0. The van der Waals surface area contributed by atoms with E-state index in [4.69, 9.17) is 0 Å². The third-order valence-electron chi connectivity index (χ3n) is 7.01. The topological polar surface area (TPSA) is 6.48 Å². The van der Waals surface area contributed by atoms with Crippen molar-refractivity contribution in [1.29, 1.82) is 0 Å². The second kappa shape index (κ2) is 13.8. The Morgan fingerprint density at radius 2 is 0.800 bits per heavy atom. The number of nitrogens with zero attached hydrogens (tertiary/aromatic N) is 2. The van der Waals surface area contributed by atoms with Crippen molar-refractivity contribution in [2.45, 2.75) is 41.5 Å². The molecule has 0 atom stereocenters. The van der Waals surface area contributed by atoms with Crippen LogP contribution in [0.4, 0.5) is 11.4 Å². The van der Waals surface area contributed by atoms with Gasteiger partial charge in [-0.3, -0.25) is 0 Å². The fourth-order valence-corrected chi connectivity index (χ4v) is 5.13. The Morgan fingerprint density at radius 1 is 0.375 bits per heavy atom. The lowest BCUT2D eigenvalue weighted by Gasteiger charge is -2.17. The van der Waals surface area contributed by atoms with E-state index in [-0.39, 0.29) is 0 Å². The Labute approximate surface area is 242 Å². The number of rotatable bonds is 4.